The second-order valence-electron chi connectivity index (χ2n) is 3.90. The molecule has 0 spiro atoms. The Balaban J connectivity index is 1.98. The van der Waals surface area contributed by atoms with E-state index in [9.17, 15) is 4.79 Å². The van der Waals surface area contributed by atoms with Crippen LogP contribution >= 0.6 is 27.3 Å². The van der Waals surface area contributed by atoms with Crippen molar-refractivity contribution in [2.75, 3.05) is 6.61 Å². The second kappa shape index (κ2) is 4.27. The number of ether oxygens (including phenoxy) is 1. The molecule has 0 fully saturated rings. The highest BCUT2D eigenvalue weighted by molar-refractivity contribution is 9.10. The molecule has 0 aliphatic carbocycles. The molecule has 4 heteroatoms. The van der Waals surface area contributed by atoms with Crippen molar-refractivity contribution >= 4 is 33.0 Å². The van der Waals surface area contributed by atoms with Gasteiger partial charge in [0.15, 0.2) is 5.78 Å². The Bertz CT molecular complexity index is 576. The van der Waals surface area contributed by atoms with Crippen LogP contribution in [-0.2, 0) is 0 Å². The van der Waals surface area contributed by atoms with Crippen LogP contribution < -0.4 is 4.74 Å². The van der Waals surface area contributed by atoms with E-state index in [1.807, 2.05) is 35.0 Å². The van der Waals surface area contributed by atoms with E-state index in [0.717, 1.165) is 21.3 Å². The molecule has 1 unspecified atom stereocenters. The fourth-order valence-electron chi connectivity index (χ4n) is 2.02. The Kier molecular flexibility index (Phi) is 2.76. The summed E-state index contributed by atoms with van der Waals surface area (Å²) in [5.74, 6) is 0.789. The van der Waals surface area contributed by atoms with Crippen LogP contribution in [0.4, 0.5) is 0 Å². The predicted octanol–water partition coefficient (Wildman–Crippen LogP) is 3.87. The topological polar surface area (TPSA) is 26.3 Å². The third kappa shape index (κ3) is 1.81. The van der Waals surface area contributed by atoms with Gasteiger partial charge in [0.1, 0.15) is 12.4 Å². The molecule has 1 aliphatic heterocycles. The van der Waals surface area contributed by atoms with Crippen molar-refractivity contribution in [3.8, 4) is 5.75 Å². The van der Waals surface area contributed by atoms with Gasteiger partial charge in [0.25, 0.3) is 0 Å². The van der Waals surface area contributed by atoms with Crippen LogP contribution in [0.15, 0.2) is 39.5 Å². The van der Waals surface area contributed by atoms with Gasteiger partial charge in [-0.05, 0) is 22.0 Å². The van der Waals surface area contributed by atoms with Crippen molar-refractivity contribution in [2.45, 2.75) is 5.92 Å². The normalized spacial score (nSPS) is 17.6. The highest BCUT2D eigenvalue weighted by Crippen LogP contribution is 2.37. The minimum Gasteiger partial charge on any atom is -0.492 e. The van der Waals surface area contributed by atoms with E-state index >= 15 is 0 Å². The van der Waals surface area contributed by atoms with Gasteiger partial charge in [-0.2, -0.15) is 11.3 Å². The van der Waals surface area contributed by atoms with E-state index in [4.69, 9.17) is 4.74 Å². The number of benzene rings is 1. The van der Waals surface area contributed by atoms with E-state index in [1.165, 1.54) is 11.3 Å². The van der Waals surface area contributed by atoms with Gasteiger partial charge in [-0.1, -0.05) is 18.2 Å². The van der Waals surface area contributed by atoms with Crippen molar-refractivity contribution in [1.29, 1.82) is 0 Å². The zero-order valence-corrected chi connectivity index (χ0v) is 11.3. The SMILES string of the molecule is O=C(c1cscc1Br)C1COc2ccccc21. The average molecular weight is 309 g/mol. The quantitative estimate of drug-likeness (QED) is 0.787. The number of para-hydroxylation sites is 1. The lowest BCUT2D eigenvalue weighted by molar-refractivity contribution is 0.0947. The Hall–Kier alpha value is -1.13. The lowest BCUT2D eigenvalue weighted by Crippen LogP contribution is -2.14. The lowest BCUT2D eigenvalue weighted by Gasteiger charge is -2.06. The first kappa shape index (κ1) is 11.0. The molecule has 0 N–H and O–H groups in total. The number of Topliss-reactive ketones (excluding diaryl/α,β-unsaturated/α-hetero) is 1. The number of halogens is 1. The maximum Gasteiger partial charge on any atom is 0.175 e. The first-order chi connectivity index (χ1) is 8.27. The van der Waals surface area contributed by atoms with Crippen LogP contribution in [0.3, 0.4) is 0 Å². The molecular formula is C13H9BrO2S. The third-order valence-corrected chi connectivity index (χ3v) is 4.60. The number of carbonyl (C=O) groups is 1. The summed E-state index contributed by atoms with van der Waals surface area (Å²) in [7, 11) is 0. The van der Waals surface area contributed by atoms with Gasteiger partial charge in [-0.25, -0.2) is 0 Å². The van der Waals surface area contributed by atoms with Crippen LogP contribution in [0.5, 0.6) is 5.75 Å². The van der Waals surface area contributed by atoms with Crippen LogP contribution in [0, 0.1) is 0 Å². The minimum atomic E-state index is -0.169. The van der Waals surface area contributed by atoms with Crippen molar-refractivity contribution in [3.05, 3.63) is 50.6 Å². The summed E-state index contributed by atoms with van der Waals surface area (Å²) in [4.78, 5) is 12.4. The average Bonchev–Trinajstić information content (AvgIpc) is 2.94. The highest BCUT2D eigenvalue weighted by atomic mass is 79.9. The smallest absolute Gasteiger partial charge is 0.175 e. The monoisotopic (exact) mass is 308 g/mol. The standard InChI is InChI=1S/C13H9BrO2S/c14-11-7-17-6-10(11)13(15)9-5-16-12-4-2-1-3-8(9)12/h1-4,6-7,9H,5H2. The van der Waals surface area contributed by atoms with Gasteiger partial charge < -0.3 is 4.74 Å². The molecule has 0 bridgehead atoms. The molecule has 3 rings (SSSR count). The molecule has 1 aliphatic rings. The molecule has 0 radical (unpaired) electrons. The largest absolute Gasteiger partial charge is 0.492 e. The van der Waals surface area contributed by atoms with E-state index in [-0.39, 0.29) is 11.7 Å². The Morgan fingerprint density at radius 3 is 2.94 bits per heavy atom. The minimum absolute atomic E-state index is 0.128. The summed E-state index contributed by atoms with van der Waals surface area (Å²) in [6, 6.07) is 7.74. The Morgan fingerprint density at radius 1 is 1.35 bits per heavy atom. The van der Waals surface area contributed by atoms with Crippen LogP contribution in [0.25, 0.3) is 0 Å². The number of fused-ring (bicyclic) bond motifs is 1. The zero-order valence-electron chi connectivity index (χ0n) is 8.85. The molecule has 2 aromatic rings. The summed E-state index contributed by atoms with van der Waals surface area (Å²) in [6.07, 6.45) is 0. The second-order valence-corrected chi connectivity index (χ2v) is 5.50. The maximum atomic E-state index is 12.4. The highest BCUT2D eigenvalue weighted by Gasteiger charge is 2.31. The molecule has 1 aromatic heterocycles. The number of rotatable bonds is 2. The summed E-state index contributed by atoms with van der Waals surface area (Å²) in [5, 5.41) is 3.81. The number of ketones is 1. The van der Waals surface area contributed by atoms with E-state index < -0.39 is 0 Å². The van der Waals surface area contributed by atoms with Crippen molar-refractivity contribution in [2.24, 2.45) is 0 Å². The van der Waals surface area contributed by atoms with Gasteiger partial charge in [0.2, 0.25) is 0 Å². The summed E-state index contributed by atoms with van der Waals surface area (Å²) in [6.45, 7) is 0.445. The molecule has 0 saturated heterocycles. The molecular weight excluding hydrogens is 300 g/mol. The van der Waals surface area contributed by atoms with Crippen LogP contribution in [0.1, 0.15) is 21.8 Å². The molecule has 0 amide bonds. The Morgan fingerprint density at radius 2 is 2.18 bits per heavy atom. The van der Waals surface area contributed by atoms with Crippen molar-refractivity contribution < 1.29 is 9.53 Å². The zero-order chi connectivity index (χ0) is 11.8. The number of thiophene rings is 1. The van der Waals surface area contributed by atoms with Gasteiger partial charge in [-0.15, -0.1) is 0 Å². The predicted molar refractivity (Wildman–Crippen MR) is 71.0 cm³/mol. The van der Waals surface area contributed by atoms with Crippen molar-refractivity contribution in [3.63, 3.8) is 0 Å². The molecule has 1 atom stereocenters. The summed E-state index contributed by atoms with van der Waals surface area (Å²) >= 11 is 4.93. The van der Waals surface area contributed by atoms with Gasteiger partial charge in [-0.3, -0.25) is 4.79 Å². The number of carbonyl (C=O) groups excluding carboxylic acids is 1. The van der Waals surface area contributed by atoms with Crippen LogP contribution in [0.2, 0.25) is 0 Å². The van der Waals surface area contributed by atoms with Gasteiger partial charge >= 0.3 is 0 Å². The first-order valence-corrected chi connectivity index (χ1v) is 6.98. The van der Waals surface area contributed by atoms with Gasteiger partial charge in [0.05, 0.1) is 5.92 Å². The lowest BCUT2D eigenvalue weighted by atomic mass is 9.94. The fourth-order valence-corrected chi connectivity index (χ4v) is 3.50. The number of hydrogen-bond donors (Lipinski definition) is 0. The van der Waals surface area contributed by atoms with Crippen molar-refractivity contribution in [1.82, 2.24) is 0 Å². The van der Waals surface area contributed by atoms with E-state index in [2.05, 4.69) is 15.9 Å². The molecule has 0 saturated carbocycles. The molecule has 1 aromatic carbocycles. The maximum absolute atomic E-state index is 12.4. The number of hydrogen-bond acceptors (Lipinski definition) is 3. The van der Waals surface area contributed by atoms with E-state index in [1.54, 1.807) is 0 Å². The van der Waals surface area contributed by atoms with Crippen LogP contribution in [-0.4, -0.2) is 12.4 Å². The summed E-state index contributed by atoms with van der Waals surface area (Å²) < 4.78 is 6.41. The molecule has 2 nitrogen and oxygen atoms in total. The molecule has 86 valence electrons. The Labute approximate surface area is 111 Å². The molecule has 17 heavy (non-hydrogen) atoms. The first-order valence-electron chi connectivity index (χ1n) is 5.25. The summed E-state index contributed by atoms with van der Waals surface area (Å²) in [5.41, 5.74) is 1.75. The van der Waals surface area contributed by atoms with E-state index in [0.29, 0.717) is 6.61 Å². The fraction of sp³-hybridized carbons (Fsp3) is 0.154. The van der Waals surface area contributed by atoms with Gasteiger partial charge in [0, 0.05) is 26.4 Å². The molecule has 2 heterocycles. The third-order valence-electron chi connectivity index (χ3n) is 2.90.